The van der Waals surface area contributed by atoms with Crippen LogP contribution in [0.25, 0.3) is 0 Å². The second kappa shape index (κ2) is 20.5. The van der Waals surface area contributed by atoms with Gasteiger partial charge in [0.05, 0.1) is 11.1 Å². The predicted molar refractivity (Wildman–Crippen MR) is 194 cm³/mol. The number of amides is 1. The summed E-state index contributed by atoms with van der Waals surface area (Å²) in [5, 5.41) is 23.4. The van der Waals surface area contributed by atoms with E-state index in [0.717, 1.165) is 11.8 Å². The molecule has 0 atom stereocenters. The lowest BCUT2D eigenvalue weighted by molar-refractivity contribution is 0.0695. The Hall–Kier alpha value is -6.56. The Morgan fingerprint density at radius 1 is 0.694 bits per heavy atom. The Morgan fingerprint density at radius 2 is 1.14 bits per heavy atom. The van der Waals surface area contributed by atoms with Crippen LogP contribution in [0.4, 0.5) is 22.7 Å². The molecule has 0 aliphatic rings. The van der Waals surface area contributed by atoms with E-state index in [1.807, 2.05) is 24.3 Å². The lowest BCUT2D eigenvalue weighted by Crippen LogP contribution is -2.13. The van der Waals surface area contributed by atoms with Crippen molar-refractivity contribution in [3.63, 3.8) is 0 Å². The number of ether oxygens (including phenoxy) is 2. The molecule has 1 amide bonds. The molecule has 0 saturated heterocycles. The minimum absolute atomic E-state index is 0. The van der Waals surface area contributed by atoms with Gasteiger partial charge in [-0.15, -0.1) is 0 Å². The number of carboxylic acid groups (broad SMARTS) is 2. The molecular weight excluding hydrogens is 628 g/mol. The average Bonchev–Trinajstić information content (AvgIpc) is 3.06. The maximum Gasteiger partial charge on any atom is 0.335 e. The Kier molecular flexibility index (Phi) is 17.0. The molecule has 0 aliphatic heterocycles. The van der Waals surface area contributed by atoms with Crippen molar-refractivity contribution in [1.82, 2.24) is 0 Å². The van der Waals surface area contributed by atoms with Crippen molar-refractivity contribution in [2.75, 3.05) is 42.4 Å². The fourth-order valence-electron chi connectivity index (χ4n) is 3.77. The number of carboxylic acids is 2. The molecule has 0 fully saturated rings. The standard InChI is InChI=1S/C19H20N2O3.C11H10O5.C6H8N2.CH4/c1-4-8-24-18-10-14(13(2)22)9-15(11-18)19(23)21-17-7-5-6-16(12-17)20-3;1-2-3-16-9-5-7(10(12)13)4-8(6-9)11(14)15;7-5-2-1-3-6(8)4-5;/h4-7,9-12,20H,1,8H2,2-3H3,(H,21,23);2,4-6H,1,3H2,(H,12,13)(H,14,15);1-4H,7-8H2;1H4. The van der Waals surface area contributed by atoms with Gasteiger partial charge in [-0.05, 0) is 79.7 Å². The summed E-state index contributed by atoms with van der Waals surface area (Å²) >= 11 is 0. The first kappa shape index (κ1) is 40.5. The molecule has 0 saturated carbocycles. The van der Waals surface area contributed by atoms with Crippen LogP contribution in [0.1, 0.15) is 55.8 Å². The first-order valence-corrected chi connectivity index (χ1v) is 14.3. The zero-order valence-electron chi connectivity index (χ0n) is 26.6. The Morgan fingerprint density at radius 3 is 1.57 bits per heavy atom. The number of nitrogens with one attached hydrogen (secondary N) is 2. The van der Waals surface area contributed by atoms with E-state index in [-0.39, 0.29) is 42.6 Å². The quantitative estimate of drug-likeness (QED) is 0.0521. The van der Waals surface area contributed by atoms with Gasteiger partial charge in [-0.2, -0.15) is 0 Å². The van der Waals surface area contributed by atoms with Gasteiger partial charge in [0.25, 0.3) is 5.91 Å². The van der Waals surface area contributed by atoms with Crippen molar-refractivity contribution in [1.29, 1.82) is 0 Å². The molecule has 8 N–H and O–H groups in total. The number of carbonyl (C=O) groups excluding carboxylic acids is 2. The van der Waals surface area contributed by atoms with E-state index in [1.165, 1.54) is 25.1 Å². The summed E-state index contributed by atoms with van der Waals surface area (Å²) in [5.41, 5.74) is 14.3. The Labute approximate surface area is 285 Å². The number of anilines is 4. The van der Waals surface area contributed by atoms with Gasteiger partial charge in [-0.1, -0.05) is 44.9 Å². The fourth-order valence-corrected chi connectivity index (χ4v) is 3.77. The second-order valence-electron chi connectivity index (χ2n) is 9.81. The number of benzene rings is 4. The predicted octanol–water partition coefficient (Wildman–Crippen LogP) is 6.88. The van der Waals surface area contributed by atoms with E-state index < -0.39 is 11.9 Å². The molecule has 0 heterocycles. The third-order valence-corrected chi connectivity index (χ3v) is 6.03. The van der Waals surface area contributed by atoms with Gasteiger partial charge in [0.15, 0.2) is 5.78 Å². The van der Waals surface area contributed by atoms with E-state index >= 15 is 0 Å². The minimum atomic E-state index is -1.20. The van der Waals surface area contributed by atoms with Crippen molar-refractivity contribution in [3.8, 4) is 11.5 Å². The van der Waals surface area contributed by atoms with E-state index in [9.17, 15) is 19.2 Å². The number of nitrogens with two attached hydrogens (primary N) is 2. The van der Waals surface area contributed by atoms with E-state index in [2.05, 4.69) is 23.8 Å². The highest BCUT2D eigenvalue weighted by molar-refractivity contribution is 6.06. The van der Waals surface area contributed by atoms with Crippen molar-refractivity contribution >= 4 is 46.4 Å². The molecule has 12 heteroatoms. The molecule has 0 unspecified atom stereocenters. The first-order chi connectivity index (χ1) is 22.9. The van der Waals surface area contributed by atoms with Crippen molar-refractivity contribution in [2.45, 2.75) is 14.4 Å². The minimum Gasteiger partial charge on any atom is -0.490 e. The van der Waals surface area contributed by atoms with Crippen LogP contribution >= 0.6 is 0 Å². The zero-order valence-corrected chi connectivity index (χ0v) is 26.6. The average molecular weight is 671 g/mol. The van der Waals surface area contributed by atoms with Gasteiger partial charge in [-0.25, -0.2) is 9.59 Å². The summed E-state index contributed by atoms with van der Waals surface area (Å²) in [6.45, 7) is 8.95. The molecule has 0 aromatic heterocycles. The summed E-state index contributed by atoms with van der Waals surface area (Å²) < 4.78 is 10.6. The van der Waals surface area contributed by atoms with Crippen molar-refractivity contribution < 1.29 is 38.9 Å². The van der Waals surface area contributed by atoms with E-state index in [4.69, 9.17) is 31.2 Å². The summed E-state index contributed by atoms with van der Waals surface area (Å²) in [5.74, 6) is -2.20. The summed E-state index contributed by atoms with van der Waals surface area (Å²) in [7, 11) is 1.81. The maximum absolute atomic E-state index is 12.5. The van der Waals surface area contributed by atoms with Crippen molar-refractivity contribution in [2.24, 2.45) is 0 Å². The van der Waals surface area contributed by atoms with Gasteiger partial charge < -0.3 is 41.8 Å². The molecular formula is C37H42N4O8. The van der Waals surface area contributed by atoms with Gasteiger partial charge in [0.1, 0.15) is 24.7 Å². The zero-order chi connectivity index (χ0) is 35.6. The van der Waals surface area contributed by atoms with E-state index in [0.29, 0.717) is 40.5 Å². The van der Waals surface area contributed by atoms with Crippen LogP contribution in [0.2, 0.25) is 0 Å². The number of aromatic carboxylic acids is 2. The van der Waals surface area contributed by atoms with Gasteiger partial charge in [0.2, 0.25) is 0 Å². The Balaban J connectivity index is 0.000000412. The van der Waals surface area contributed by atoms with Crippen molar-refractivity contribution in [3.05, 3.63) is 132 Å². The highest BCUT2D eigenvalue weighted by Gasteiger charge is 2.13. The number of ketones is 1. The van der Waals surface area contributed by atoms with E-state index in [1.54, 1.807) is 55.6 Å². The molecule has 4 aromatic rings. The molecule has 49 heavy (non-hydrogen) atoms. The highest BCUT2D eigenvalue weighted by Crippen LogP contribution is 2.21. The smallest absolute Gasteiger partial charge is 0.335 e. The monoisotopic (exact) mass is 670 g/mol. The lowest BCUT2D eigenvalue weighted by atomic mass is 10.1. The van der Waals surface area contributed by atoms with Crippen LogP contribution < -0.4 is 31.6 Å². The maximum atomic E-state index is 12.5. The number of carbonyl (C=O) groups is 4. The molecule has 0 bridgehead atoms. The molecule has 0 spiro atoms. The lowest BCUT2D eigenvalue weighted by Gasteiger charge is -2.10. The van der Waals surface area contributed by atoms with Gasteiger partial charge in [-0.3, -0.25) is 9.59 Å². The molecule has 12 nitrogen and oxygen atoms in total. The second-order valence-corrected chi connectivity index (χ2v) is 9.81. The fraction of sp³-hybridized carbons (Fsp3) is 0.135. The van der Waals surface area contributed by atoms with Crippen LogP contribution in [0, 0.1) is 0 Å². The number of hydrogen-bond acceptors (Lipinski definition) is 9. The summed E-state index contributed by atoms with van der Waals surface area (Å²) in [6.07, 6.45) is 3.08. The molecule has 4 aromatic carbocycles. The number of rotatable bonds is 12. The highest BCUT2D eigenvalue weighted by atomic mass is 16.5. The Bertz CT molecular complexity index is 1720. The molecule has 4 rings (SSSR count). The summed E-state index contributed by atoms with van der Waals surface area (Å²) in [4.78, 5) is 45.6. The van der Waals surface area contributed by atoms with Crippen LogP contribution in [0.5, 0.6) is 11.5 Å². The molecule has 258 valence electrons. The van der Waals surface area contributed by atoms with Crippen LogP contribution in [0.3, 0.4) is 0 Å². The molecule has 0 radical (unpaired) electrons. The number of nitrogen functional groups attached to an aromatic ring is 2. The summed E-state index contributed by atoms with van der Waals surface area (Å²) in [6, 6.07) is 22.9. The number of hydrogen-bond donors (Lipinski definition) is 6. The van der Waals surface area contributed by atoms with Crippen LogP contribution in [-0.4, -0.2) is 54.1 Å². The first-order valence-electron chi connectivity index (χ1n) is 14.3. The SMILES string of the molecule is C.C=CCOc1cc(C(=O)O)cc(C(=O)O)c1.C=CCOc1cc(C(C)=O)cc(C(=O)Nc2cccc(NC)c2)c1.Nc1cccc(N)c1. The topological polar surface area (TPSA) is 203 Å². The number of Topliss-reactive ketones (excluding diaryl/α,β-unsaturated/α-hetero) is 1. The third kappa shape index (κ3) is 14.2. The normalized spacial score (nSPS) is 9.43. The van der Waals surface area contributed by atoms with Gasteiger partial charge >= 0.3 is 11.9 Å². The van der Waals surface area contributed by atoms with Crippen LogP contribution in [0.15, 0.2) is 110 Å². The largest absolute Gasteiger partial charge is 0.490 e. The molecule has 0 aliphatic carbocycles. The van der Waals surface area contributed by atoms with Gasteiger partial charge in [0, 0.05) is 40.9 Å². The van der Waals surface area contributed by atoms with Crippen LogP contribution in [-0.2, 0) is 0 Å². The third-order valence-electron chi connectivity index (χ3n) is 6.03.